The SMILES string of the molecule is C[C@H]1CN([C@@H](C)CO)C(=O)CCCn2nncc2CO[C@@H]1CN(C)C(=O)c1ccccc1. The molecule has 174 valence electrons. The lowest BCUT2D eigenvalue weighted by atomic mass is 10.0. The fourth-order valence-corrected chi connectivity index (χ4v) is 3.90. The van der Waals surface area contributed by atoms with Crippen LogP contribution in [0.5, 0.6) is 0 Å². The first-order chi connectivity index (χ1) is 15.4. The zero-order valence-corrected chi connectivity index (χ0v) is 19.1. The number of aromatic nitrogens is 3. The largest absolute Gasteiger partial charge is 0.394 e. The zero-order valence-electron chi connectivity index (χ0n) is 19.1. The van der Waals surface area contributed by atoms with E-state index in [2.05, 4.69) is 10.3 Å². The van der Waals surface area contributed by atoms with Crippen molar-refractivity contribution in [1.29, 1.82) is 0 Å². The molecule has 0 fully saturated rings. The number of carbonyl (C=O) groups is 2. The molecule has 0 aliphatic carbocycles. The number of hydrogen-bond acceptors (Lipinski definition) is 6. The monoisotopic (exact) mass is 443 g/mol. The molecule has 9 heteroatoms. The molecule has 1 aromatic heterocycles. The minimum atomic E-state index is -0.323. The first-order valence-corrected chi connectivity index (χ1v) is 11.1. The second-order valence-corrected chi connectivity index (χ2v) is 8.51. The Morgan fingerprint density at radius 3 is 2.81 bits per heavy atom. The Labute approximate surface area is 189 Å². The number of fused-ring (bicyclic) bond motifs is 1. The second kappa shape index (κ2) is 11.2. The van der Waals surface area contributed by atoms with Gasteiger partial charge >= 0.3 is 0 Å². The normalized spacial score (nSPS) is 21.2. The van der Waals surface area contributed by atoms with Crippen LogP contribution in [-0.2, 0) is 22.7 Å². The first kappa shape index (κ1) is 23.9. The lowest BCUT2D eigenvalue weighted by molar-refractivity contribution is -0.136. The zero-order chi connectivity index (χ0) is 23.1. The third-order valence-corrected chi connectivity index (χ3v) is 5.96. The molecule has 0 spiro atoms. The number of nitrogens with zero attached hydrogens (tertiary/aromatic N) is 5. The summed E-state index contributed by atoms with van der Waals surface area (Å²) < 4.78 is 8.03. The van der Waals surface area contributed by atoms with E-state index in [1.807, 2.05) is 32.0 Å². The van der Waals surface area contributed by atoms with Crippen molar-refractivity contribution in [3.05, 3.63) is 47.8 Å². The lowest BCUT2D eigenvalue weighted by Crippen LogP contribution is -2.47. The molecule has 1 N–H and O–H groups in total. The molecule has 9 nitrogen and oxygen atoms in total. The maximum atomic E-state index is 12.9. The molecule has 2 heterocycles. The number of rotatable bonds is 5. The Hall–Kier alpha value is -2.78. The van der Waals surface area contributed by atoms with Crippen molar-refractivity contribution >= 4 is 11.8 Å². The number of hydrogen-bond donors (Lipinski definition) is 1. The molecule has 1 aromatic carbocycles. The van der Waals surface area contributed by atoms with Gasteiger partial charge in [-0.15, -0.1) is 5.10 Å². The molecule has 2 aromatic rings. The summed E-state index contributed by atoms with van der Waals surface area (Å²) in [6.45, 7) is 5.44. The van der Waals surface area contributed by atoms with E-state index in [1.54, 1.807) is 39.9 Å². The van der Waals surface area contributed by atoms with Crippen molar-refractivity contribution in [3.8, 4) is 0 Å². The van der Waals surface area contributed by atoms with Crippen molar-refractivity contribution in [3.63, 3.8) is 0 Å². The molecular weight excluding hydrogens is 410 g/mol. The second-order valence-electron chi connectivity index (χ2n) is 8.51. The van der Waals surface area contributed by atoms with Crippen molar-refractivity contribution in [1.82, 2.24) is 24.8 Å². The molecule has 0 saturated carbocycles. The summed E-state index contributed by atoms with van der Waals surface area (Å²) in [5.74, 6) is -0.160. The van der Waals surface area contributed by atoms with Crippen LogP contribution in [0.4, 0.5) is 0 Å². The quantitative estimate of drug-likeness (QED) is 0.753. The number of ether oxygens (including phenoxy) is 1. The van der Waals surface area contributed by atoms with Gasteiger partial charge in [-0.05, 0) is 25.5 Å². The summed E-state index contributed by atoms with van der Waals surface area (Å²) in [4.78, 5) is 29.2. The Kier molecular flexibility index (Phi) is 8.35. The van der Waals surface area contributed by atoms with Crippen molar-refractivity contribution < 1.29 is 19.4 Å². The highest BCUT2D eigenvalue weighted by Gasteiger charge is 2.29. The first-order valence-electron chi connectivity index (χ1n) is 11.1. The number of aliphatic hydroxyl groups is 1. The highest BCUT2D eigenvalue weighted by Crippen LogP contribution is 2.19. The van der Waals surface area contributed by atoms with Crippen LogP contribution in [0.3, 0.4) is 0 Å². The Morgan fingerprint density at radius 2 is 2.09 bits per heavy atom. The van der Waals surface area contributed by atoms with Crippen LogP contribution in [0.1, 0.15) is 42.7 Å². The van der Waals surface area contributed by atoms with Crippen LogP contribution < -0.4 is 0 Å². The highest BCUT2D eigenvalue weighted by atomic mass is 16.5. The van der Waals surface area contributed by atoms with E-state index in [0.717, 1.165) is 5.69 Å². The number of likely N-dealkylation sites (N-methyl/N-ethyl adjacent to an activating group) is 1. The van der Waals surface area contributed by atoms with Crippen LogP contribution in [0.2, 0.25) is 0 Å². The molecule has 0 bridgehead atoms. The van der Waals surface area contributed by atoms with Crippen molar-refractivity contribution in [2.45, 2.75) is 52.0 Å². The van der Waals surface area contributed by atoms with Gasteiger partial charge in [0.05, 0.1) is 37.3 Å². The van der Waals surface area contributed by atoms with Crippen molar-refractivity contribution in [2.75, 3.05) is 26.7 Å². The molecule has 1 aliphatic heterocycles. The van der Waals surface area contributed by atoms with Gasteiger partial charge in [-0.25, -0.2) is 4.68 Å². The standard InChI is InChI=1S/C23H33N5O4/c1-17-13-27(18(2)15-29)22(30)10-7-11-28-20(12-24-25-28)16-32-21(17)14-26(3)23(31)19-8-5-4-6-9-19/h4-6,8-9,12,17-18,21,29H,7,10-11,13-16H2,1-3H3/t17-,18-,21+/m0/s1. The van der Waals surface area contributed by atoms with Crippen LogP contribution in [0, 0.1) is 5.92 Å². The minimum absolute atomic E-state index is 0.00638. The van der Waals surface area contributed by atoms with E-state index in [0.29, 0.717) is 44.6 Å². The number of carbonyl (C=O) groups excluding carboxylic acids is 2. The summed E-state index contributed by atoms with van der Waals surface area (Å²) >= 11 is 0. The van der Waals surface area contributed by atoms with Crippen LogP contribution in [0.15, 0.2) is 36.5 Å². The van der Waals surface area contributed by atoms with E-state index >= 15 is 0 Å². The van der Waals surface area contributed by atoms with Gasteiger partial charge in [0, 0.05) is 44.6 Å². The van der Waals surface area contributed by atoms with Gasteiger partial charge in [0.2, 0.25) is 5.91 Å². The summed E-state index contributed by atoms with van der Waals surface area (Å²) in [5, 5.41) is 17.8. The van der Waals surface area contributed by atoms with E-state index in [9.17, 15) is 14.7 Å². The molecule has 2 amide bonds. The van der Waals surface area contributed by atoms with Crippen LogP contribution in [0.25, 0.3) is 0 Å². The highest BCUT2D eigenvalue weighted by molar-refractivity contribution is 5.94. The predicted molar refractivity (Wildman–Crippen MR) is 119 cm³/mol. The summed E-state index contributed by atoms with van der Waals surface area (Å²) in [6, 6.07) is 8.84. The minimum Gasteiger partial charge on any atom is -0.394 e. The Balaban J connectivity index is 1.81. The molecular formula is C23H33N5O4. The molecule has 0 saturated heterocycles. The fourth-order valence-electron chi connectivity index (χ4n) is 3.90. The Bertz CT molecular complexity index is 888. The van der Waals surface area contributed by atoms with Gasteiger partial charge in [-0.2, -0.15) is 0 Å². The van der Waals surface area contributed by atoms with E-state index in [1.165, 1.54) is 0 Å². The summed E-state index contributed by atoms with van der Waals surface area (Å²) in [5.41, 5.74) is 1.46. The topological polar surface area (TPSA) is 101 Å². The average molecular weight is 444 g/mol. The molecule has 3 rings (SSSR count). The van der Waals surface area contributed by atoms with Gasteiger partial charge in [-0.1, -0.05) is 30.3 Å². The number of aryl methyl sites for hydroxylation is 1. The maximum absolute atomic E-state index is 12.9. The molecule has 0 unspecified atom stereocenters. The van der Waals surface area contributed by atoms with Crippen LogP contribution >= 0.6 is 0 Å². The van der Waals surface area contributed by atoms with E-state index in [4.69, 9.17) is 4.74 Å². The average Bonchev–Trinajstić information content (AvgIpc) is 3.25. The number of benzene rings is 1. The smallest absolute Gasteiger partial charge is 0.253 e. The number of amides is 2. The van der Waals surface area contributed by atoms with Gasteiger partial charge < -0.3 is 19.6 Å². The van der Waals surface area contributed by atoms with E-state index < -0.39 is 0 Å². The molecule has 1 aliphatic rings. The molecule has 0 radical (unpaired) electrons. The van der Waals surface area contributed by atoms with Gasteiger partial charge in [0.15, 0.2) is 0 Å². The van der Waals surface area contributed by atoms with E-state index in [-0.39, 0.29) is 36.5 Å². The van der Waals surface area contributed by atoms with Crippen molar-refractivity contribution in [2.24, 2.45) is 5.92 Å². The van der Waals surface area contributed by atoms with Gasteiger partial charge in [-0.3, -0.25) is 9.59 Å². The summed E-state index contributed by atoms with van der Waals surface area (Å²) in [6.07, 6.45) is 2.36. The predicted octanol–water partition coefficient (Wildman–Crippen LogP) is 1.57. The molecule has 32 heavy (non-hydrogen) atoms. The fraction of sp³-hybridized carbons (Fsp3) is 0.565. The van der Waals surface area contributed by atoms with Gasteiger partial charge in [0.1, 0.15) is 0 Å². The lowest BCUT2D eigenvalue weighted by Gasteiger charge is -2.35. The van der Waals surface area contributed by atoms with Gasteiger partial charge in [0.25, 0.3) is 5.91 Å². The number of aliphatic hydroxyl groups excluding tert-OH is 1. The van der Waals surface area contributed by atoms with Crippen LogP contribution in [-0.4, -0.2) is 80.6 Å². The third-order valence-electron chi connectivity index (χ3n) is 5.96. The molecule has 3 atom stereocenters. The third kappa shape index (κ3) is 5.92. The summed E-state index contributed by atoms with van der Waals surface area (Å²) in [7, 11) is 1.76. The maximum Gasteiger partial charge on any atom is 0.253 e. The Morgan fingerprint density at radius 1 is 1.34 bits per heavy atom.